The van der Waals surface area contributed by atoms with Gasteiger partial charge in [-0.2, -0.15) is 0 Å². The summed E-state index contributed by atoms with van der Waals surface area (Å²) in [4.78, 5) is 0. The van der Waals surface area contributed by atoms with E-state index in [-0.39, 0.29) is 5.92 Å². The van der Waals surface area contributed by atoms with Gasteiger partial charge in [0.2, 0.25) is 0 Å². The Morgan fingerprint density at radius 1 is 0.677 bits per heavy atom. The minimum atomic E-state index is 0.168. The van der Waals surface area contributed by atoms with Crippen molar-refractivity contribution < 1.29 is 0 Å². The molecule has 0 nitrogen and oxygen atoms in total. The zero-order chi connectivity index (χ0) is 21.8. The Kier molecular flexibility index (Phi) is 6.53. The molecule has 31 heavy (non-hydrogen) atoms. The minimum Gasteiger partial charge on any atom is -0.0641 e. The first-order valence-corrected chi connectivity index (χ1v) is 11.5. The molecule has 0 amide bonds. The molecule has 0 spiro atoms. The highest BCUT2D eigenvalue weighted by atomic mass is 79.9. The fourth-order valence-electron chi connectivity index (χ4n) is 4.43. The Hall–Kier alpha value is -2.90. The van der Waals surface area contributed by atoms with E-state index in [4.69, 9.17) is 0 Å². The van der Waals surface area contributed by atoms with Gasteiger partial charge in [0, 0.05) is 10.4 Å². The van der Waals surface area contributed by atoms with Crippen molar-refractivity contribution in [3.63, 3.8) is 0 Å². The van der Waals surface area contributed by atoms with Gasteiger partial charge in [-0.1, -0.05) is 112 Å². The average molecular weight is 467 g/mol. The van der Waals surface area contributed by atoms with Crippen LogP contribution in [0.3, 0.4) is 0 Å². The van der Waals surface area contributed by atoms with Crippen molar-refractivity contribution in [2.24, 2.45) is 0 Å². The van der Waals surface area contributed by atoms with E-state index in [0.717, 1.165) is 4.47 Å². The molecular formula is C30H27Br. The number of hydrogen-bond acceptors (Lipinski definition) is 0. The second-order valence-electron chi connectivity index (χ2n) is 8.16. The molecule has 1 heteroatoms. The third kappa shape index (κ3) is 4.89. The highest BCUT2D eigenvalue weighted by molar-refractivity contribution is 9.10. The largest absolute Gasteiger partial charge is 0.0641 e. The molecule has 0 saturated heterocycles. The van der Waals surface area contributed by atoms with Crippen molar-refractivity contribution in [1.82, 2.24) is 0 Å². The van der Waals surface area contributed by atoms with Crippen molar-refractivity contribution in [3.8, 4) is 0 Å². The topological polar surface area (TPSA) is 0 Å². The van der Waals surface area contributed by atoms with Crippen LogP contribution in [-0.2, 0) is 0 Å². The lowest BCUT2D eigenvalue weighted by Crippen LogP contribution is -2.02. The van der Waals surface area contributed by atoms with E-state index in [1.807, 2.05) is 0 Å². The van der Waals surface area contributed by atoms with Crippen LogP contribution in [0.2, 0.25) is 0 Å². The summed E-state index contributed by atoms with van der Waals surface area (Å²) >= 11 is 3.59. The highest BCUT2D eigenvalue weighted by Gasteiger charge is 2.17. The van der Waals surface area contributed by atoms with E-state index in [1.54, 1.807) is 0 Å². The summed E-state index contributed by atoms with van der Waals surface area (Å²) in [5.41, 5.74) is 10.4. The molecule has 4 rings (SSSR count). The predicted octanol–water partition coefficient (Wildman–Crippen LogP) is 8.64. The van der Waals surface area contributed by atoms with Gasteiger partial charge < -0.3 is 0 Å². The molecule has 4 aromatic rings. The third-order valence-electron chi connectivity index (χ3n) is 5.75. The van der Waals surface area contributed by atoms with E-state index in [0.29, 0.717) is 0 Å². The van der Waals surface area contributed by atoms with Gasteiger partial charge >= 0.3 is 0 Å². The zero-order valence-electron chi connectivity index (χ0n) is 18.3. The smallest absolute Gasteiger partial charge is 0.0278 e. The summed E-state index contributed by atoms with van der Waals surface area (Å²) in [6, 6.07) is 34.8. The van der Waals surface area contributed by atoms with Crippen LogP contribution >= 0.6 is 15.9 Å². The fraction of sp³-hybridized carbons (Fsp3) is 0.133. The molecule has 0 atom stereocenters. The fourth-order valence-corrected chi connectivity index (χ4v) is 4.69. The molecule has 0 N–H and O–H groups in total. The number of allylic oxidation sites excluding steroid dienone is 1. The maximum Gasteiger partial charge on any atom is 0.0278 e. The summed E-state index contributed by atoms with van der Waals surface area (Å²) in [5.74, 6) is 0.168. The minimum absolute atomic E-state index is 0.168. The Morgan fingerprint density at radius 2 is 1.16 bits per heavy atom. The summed E-state index contributed by atoms with van der Waals surface area (Å²) < 4.78 is 1.09. The molecule has 0 unspecified atom stereocenters. The molecule has 0 heterocycles. The lowest BCUT2D eigenvalue weighted by Gasteiger charge is -2.21. The molecule has 0 aliphatic carbocycles. The summed E-state index contributed by atoms with van der Waals surface area (Å²) in [7, 11) is 0. The highest BCUT2D eigenvalue weighted by Crippen LogP contribution is 2.36. The second-order valence-corrected chi connectivity index (χ2v) is 9.08. The lowest BCUT2D eigenvalue weighted by atomic mass is 9.83. The molecule has 0 aliphatic rings. The SMILES string of the molecule is Cc1cc(C)c(/C(=C/C(c2ccccc2)c2ccccc2)c2ccc(Br)cc2)c(C)c1. The third-order valence-corrected chi connectivity index (χ3v) is 6.28. The van der Waals surface area contributed by atoms with Crippen LogP contribution in [0.15, 0.2) is 108 Å². The van der Waals surface area contributed by atoms with Crippen molar-refractivity contribution in [2.75, 3.05) is 0 Å². The molecule has 0 aromatic heterocycles. The maximum atomic E-state index is 3.59. The molecule has 4 aromatic carbocycles. The predicted molar refractivity (Wildman–Crippen MR) is 137 cm³/mol. The first-order chi connectivity index (χ1) is 15.0. The Labute approximate surface area is 194 Å². The summed E-state index contributed by atoms with van der Waals surface area (Å²) in [6.07, 6.45) is 2.44. The lowest BCUT2D eigenvalue weighted by molar-refractivity contribution is 1.03. The first kappa shape index (κ1) is 21.3. The van der Waals surface area contributed by atoms with Crippen molar-refractivity contribution in [3.05, 3.63) is 147 Å². The van der Waals surface area contributed by atoms with Crippen LogP contribution in [0.4, 0.5) is 0 Å². The van der Waals surface area contributed by atoms with Gasteiger partial charge in [-0.25, -0.2) is 0 Å². The number of rotatable bonds is 5. The molecular weight excluding hydrogens is 440 g/mol. The molecule has 0 fully saturated rings. The van der Waals surface area contributed by atoms with Crippen molar-refractivity contribution >= 4 is 21.5 Å². The average Bonchev–Trinajstić information content (AvgIpc) is 2.77. The van der Waals surface area contributed by atoms with Crippen LogP contribution in [0.25, 0.3) is 5.57 Å². The van der Waals surface area contributed by atoms with Crippen LogP contribution in [-0.4, -0.2) is 0 Å². The van der Waals surface area contributed by atoms with E-state index in [2.05, 4.69) is 140 Å². The first-order valence-electron chi connectivity index (χ1n) is 10.7. The maximum absolute atomic E-state index is 3.59. The number of aryl methyl sites for hydroxylation is 3. The number of halogens is 1. The molecule has 0 saturated carbocycles. The molecule has 154 valence electrons. The normalized spacial score (nSPS) is 11.7. The molecule has 0 aliphatic heterocycles. The van der Waals surface area contributed by atoms with Gasteiger partial charge in [0.25, 0.3) is 0 Å². The van der Waals surface area contributed by atoms with Crippen LogP contribution in [0.1, 0.15) is 44.9 Å². The summed E-state index contributed by atoms with van der Waals surface area (Å²) in [6.45, 7) is 6.62. The van der Waals surface area contributed by atoms with Gasteiger partial charge in [0.05, 0.1) is 0 Å². The monoisotopic (exact) mass is 466 g/mol. The van der Waals surface area contributed by atoms with Gasteiger partial charge in [0.15, 0.2) is 0 Å². The van der Waals surface area contributed by atoms with Crippen LogP contribution in [0, 0.1) is 20.8 Å². The summed E-state index contributed by atoms with van der Waals surface area (Å²) in [5, 5.41) is 0. The Bertz CT molecular complexity index is 1120. The van der Waals surface area contributed by atoms with E-state index >= 15 is 0 Å². The number of benzene rings is 4. The van der Waals surface area contributed by atoms with Crippen LogP contribution < -0.4 is 0 Å². The van der Waals surface area contributed by atoms with Gasteiger partial charge in [-0.05, 0) is 71.9 Å². The van der Waals surface area contributed by atoms with E-state index in [1.165, 1.54) is 44.5 Å². The molecule has 0 radical (unpaired) electrons. The van der Waals surface area contributed by atoms with Gasteiger partial charge in [0.1, 0.15) is 0 Å². The van der Waals surface area contributed by atoms with Crippen LogP contribution in [0.5, 0.6) is 0 Å². The quantitative estimate of drug-likeness (QED) is 0.276. The van der Waals surface area contributed by atoms with E-state index < -0.39 is 0 Å². The Morgan fingerprint density at radius 3 is 1.65 bits per heavy atom. The molecule has 0 bridgehead atoms. The van der Waals surface area contributed by atoms with Gasteiger partial charge in [-0.15, -0.1) is 0 Å². The van der Waals surface area contributed by atoms with E-state index in [9.17, 15) is 0 Å². The second kappa shape index (κ2) is 9.49. The number of hydrogen-bond donors (Lipinski definition) is 0. The Balaban J connectivity index is 1.98. The van der Waals surface area contributed by atoms with Gasteiger partial charge in [-0.3, -0.25) is 0 Å². The van der Waals surface area contributed by atoms with Crippen molar-refractivity contribution in [2.45, 2.75) is 26.7 Å². The van der Waals surface area contributed by atoms with Crippen molar-refractivity contribution in [1.29, 1.82) is 0 Å². The zero-order valence-corrected chi connectivity index (χ0v) is 19.9. The standard InChI is InChI=1S/C30H27Br/c1-21-18-22(2)30(23(3)19-21)29(26-14-16-27(31)17-15-26)20-28(24-10-6-4-7-11-24)25-12-8-5-9-13-25/h4-20,28H,1-3H3/b29-20+.